The van der Waals surface area contributed by atoms with Crippen molar-refractivity contribution >= 4 is 22.6 Å². The Bertz CT molecular complexity index is 202. The highest BCUT2D eigenvalue weighted by Crippen LogP contribution is 2.17. The maximum Gasteiger partial charge on any atom is 0.160 e. The molecule has 0 spiro atoms. The standard InChI is InChI=1S/C6H6INO/c7-5-3-1-2-4-6(5)9-8/h1-4H,8H2. The monoisotopic (exact) mass is 235 g/mol. The summed E-state index contributed by atoms with van der Waals surface area (Å²) in [6.07, 6.45) is 0. The average Bonchev–Trinajstić information content (AvgIpc) is 1.89. The second-order valence-corrected chi connectivity index (χ2v) is 2.71. The van der Waals surface area contributed by atoms with Crippen molar-refractivity contribution in [3.63, 3.8) is 0 Å². The van der Waals surface area contributed by atoms with Gasteiger partial charge in [-0.05, 0) is 34.7 Å². The normalized spacial score (nSPS) is 9.11. The molecule has 0 atom stereocenters. The molecule has 0 fully saturated rings. The summed E-state index contributed by atoms with van der Waals surface area (Å²) in [6.45, 7) is 0. The molecule has 2 nitrogen and oxygen atoms in total. The van der Waals surface area contributed by atoms with Gasteiger partial charge in [-0.2, -0.15) is 5.90 Å². The molecule has 0 saturated carbocycles. The van der Waals surface area contributed by atoms with Gasteiger partial charge in [0, 0.05) is 0 Å². The third-order valence-corrected chi connectivity index (χ3v) is 1.85. The lowest BCUT2D eigenvalue weighted by molar-refractivity contribution is 0.332. The summed E-state index contributed by atoms with van der Waals surface area (Å²) in [5.74, 6) is 5.67. The van der Waals surface area contributed by atoms with Crippen molar-refractivity contribution in [2.24, 2.45) is 5.90 Å². The van der Waals surface area contributed by atoms with Crippen LogP contribution in [0.25, 0.3) is 0 Å². The van der Waals surface area contributed by atoms with Gasteiger partial charge in [0.15, 0.2) is 5.75 Å². The van der Waals surface area contributed by atoms with E-state index >= 15 is 0 Å². The van der Waals surface area contributed by atoms with E-state index in [1.165, 1.54) is 0 Å². The third-order valence-electron chi connectivity index (χ3n) is 0.964. The zero-order valence-corrected chi connectivity index (χ0v) is 6.83. The molecule has 0 unspecified atom stereocenters. The zero-order chi connectivity index (χ0) is 6.69. The summed E-state index contributed by atoms with van der Waals surface area (Å²) in [6, 6.07) is 7.57. The molecule has 0 heterocycles. The topological polar surface area (TPSA) is 35.2 Å². The molecular formula is C6H6INO. The Morgan fingerprint density at radius 3 is 2.44 bits per heavy atom. The van der Waals surface area contributed by atoms with Crippen LogP contribution in [0.4, 0.5) is 0 Å². The SMILES string of the molecule is NOc1ccccc1I. The van der Waals surface area contributed by atoms with Gasteiger partial charge in [-0.1, -0.05) is 12.1 Å². The third kappa shape index (κ3) is 1.56. The van der Waals surface area contributed by atoms with Gasteiger partial charge in [0.2, 0.25) is 0 Å². The number of para-hydroxylation sites is 1. The van der Waals surface area contributed by atoms with Crippen molar-refractivity contribution in [1.82, 2.24) is 0 Å². The molecule has 0 saturated heterocycles. The van der Waals surface area contributed by atoms with Crippen molar-refractivity contribution in [1.29, 1.82) is 0 Å². The summed E-state index contributed by atoms with van der Waals surface area (Å²) in [4.78, 5) is 4.54. The van der Waals surface area contributed by atoms with E-state index in [-0.39, 0.29) is 0 Å². The molecule has 0 amide bonds. The van der Waals surface area contributed by atoms with Gasteiger partial charge in [0.25, 0.3) is 0 Å². The van der Waals surface area contributed by atoms with E-state index in [2.05, 4.69) is 27.4 Å². The fraction of sp³-hybridized carbons (Fsp3) is 0. The predicted octanol–water partition coefficient (Wildman–Crippen LogP) is 1.54. The van der Waals surface area contributed by atoms with Gasteiger partial charge in [0.05, 0.1) is 3.57 Å². The Labute approximate surface area is 67.1 Å². The van der Waals surface area contributed by atoms with E-state index < -0.39 is 0 Å². The maximum absolute atomic E-state index is 4.95. The highest BCUT2D eigenvalue weighted by atomic mass is 127. The van der Waals surface area contributed by atoms with Crippen LogP contribution in [-0.2, 0) is 0 Å². The van der Waals surface area contributed by atoms with Crippen LogP contribution in [0.5, 0.6) is 5.75 Å². The largest absolute Gasteiger partial charge is 0.410 e. The van der Waals surface area contributed by atoms with Crippen LogP contribution in [0.1, 0.15) is 0 Å². The van der Waals surface area contributed by atoms with Crippen LogP contribution in [0.3, 0.4) is 0 Å². The zero-order valence-electron chi connectivity index (χ0n) is 4.67. The molecule has 2 N–H and O–H groups in total. The first-order chi connectivity index (χ1) is 4.34. The second kappa shape index (κ2) is 3.03. The van der Waals surface area contributed by atoms with E-state index in [9.17, 15) is 0 Å². The molecule has 0 aromatic heterocycles. The quantitative estimate of drug-likeness (QED) is 0.591. The second-order valence-electron chi connectivity index (χ2n) is 1.55. The fourth-order valence-electron chi connectivity index (χ4n) is 0.540. The molecule has 0 aliphatic carbocycles. The Morgan fingerprint density at radius 1 is 1.33 bits per heavy atom. The first-order valence-electron chi connectivity index (χ1n) is 2.46. The van der Waals surface area contributed by atoms with Gasteiger partial charge in [-0.25, -0.2) is 0 Å². The molecule has 0 aliphatic rings. The first-order valence-corrected chi connectivity index (χ1v) is 3.53. The fourth-order valence-corrected chi connectivity index (χ4v) is 1.05. The van der Waals surface area contributed by atoms with Gasteiger partial charge in [-0.15, -0.1) is 0 Å². The lowest BCUT2D eigenvalue weighted by Gasteiger charge is -1.98. The molecular weight excluding hydrogens is 229 g/mol. The molecule has 0 aliphatic heterocycles. The van der Waals surface area contributed by atoms with Gasteiger partial charge < -0.3 is 4.84 Å². The van der Waals surface area contributed by atoms with Crippen LogP contribution < -0.4 is 10.7 Å². The smallest absolute Gasteiger partial charge is 0.160 e. The van der Waals surface area contributed by atoms with E-state index in [0.717, 1.165) is 9.32 Å². The Morgan fingerprint density at radius 2 is 2.00 bits per heavy atom. The van der Waals surface area contributed by atoms with Crippen molar-refractivity contribution in [3.05, 3.63) is 27.8 Å². The molecule has 1 aromatic carbocycles. The Hall–Kier alpha value is -0.290. The predicted molar refractivity (Wildman–Crippen MR) is 44.0 cm³/mol. The molecule has 0 bridgehead atoms. The number of halogens is 1. The van der Waals surface area contributed by atoms with Crippen LogP contribution in [0.2, 0.25) is 0 Å². The van der Waals surface area contributed by atoms with E-state index in [4.69, 9.17) is 5.90 Å². The molecule has 0 radical (unpaired) electrons. The highest BCUT2D eigenvalue weighted by Gasteiger charge is 1.93. The van der Waals surface area contributed by atoms with Crippen molar-refractivity contribution < 1.29 is 4.84 Å². The Balaban J connectivity index is 3.01. The summed E-state index contributed by atoms with van der Waals surface area (Å²) >= 11 is 2.16. The minimum atomic E-state index is 0.720. The van der Waals surface area contributed by atoms with Gasteiger partial charge in [-0.3, -0.25) is 0 Å². The molecule has 1 rings (SSSR count). The lowest BCUT2D eigenvalue weighted by Crippen LogP contribution is -2.02. The van der Waals surface area contributed by atoms with Gasteiger partial charge in [0.1, 0.15) is 0 Å². The number of hydrogen-bond acceptors (Lipinski definition) is 2. The average molecular weight is 235 g/mol. The van der Waals surface area contributed by atoms with Crippen molar-refractivity contribution in [2.75, 3.05) is 0 Å². The number of hydrogen-bond donors (Lipinski definition) is 1. The number of nitrogens with two attached hydrogens (primary N) is 1. The van der Waals surface area contributed by atoms with E-state index in [1.807, 2.05) is 24.3 Å². The van der Waals surface area contributed by atoms with E-state index in [1.54, 1.807) is 0 Å². The Kier molecular flexibility index (Phi) is 2.29. The van der Waals surface area contributed by atoms with Crippen molar-refractivity contribution in [2.45, 2.75) is 0 Å². The summed E-state index contributed by atoms with van der Waals surface area (Å²) in [5.41, 5.74) is 0. The van der Waals surface area contributed by atoms with Crippen molar-refractivity contribution in [3.8, 4) is 5.75 Å². The first kappa shape index (κ1) is 6.82. The molecule has 9 heavy (non-hydrogen) atoms. The molecule has 48 valence electrons. The van der Waals surface area contributed by atoms with Crippen LogP contribution >= 0.6 is 22.6 Å². The summed E-state index contributed by atoms with van der Waals surface area (Å²) in [7, 11) is 0. The minimum absolute atomic E-state index is 0.720. The maximum atomic E-state index is 4.95. The number of rotatable bonds is 1. The molecule has 1 aromatic rings. The lowest BCUT2D eigenvalue weighted by atomic mass is 10.3. The summed E-state index contributed by atoms with van der Waals surface area (Å²) < 4.78 is 1.03. The van der Waals surface area contributed by atoms with Gasteiger partial charge >= 0.3 is 0 Å². The molecule has 3 heteroatoms. The van der Waals surface area contributed by atoms with Crippen LogP contribution in [0.15, 0.2) is 24.3 Å². The van der Waals surface area contributed by atoms with E-state index in [0.29, 0.717) is 0 Å². The summed E-state index contributed by atoms with van der Waals surface area (Å²) in [5, 5.41) is 0. The number of benzene rings is 1. The highest BCUT2D eigenvalue weighted by molar-refractivity contribution is 14.1. The van der Waals surface area contributed by atoms with Crippen LogP contribution in [-0.4, -0.2) is 0 Å². The van der Waals surface area contributed by atoms with Crippen LogP contribution in [0, 0.1) is 3.57 Å². The minimum Gasteiger partial charge on any atom is -0.410 e.